The minimum atomic E-state index is -0.399. The molecule has 1 aromatic carbocycles. The van der Waals surface area contributed by atoms with E-state index >= 15 is 0 Å². The van der Waals surface area contributed by atoms with E-state index < -0.39 is 5.82 Å². The van der Waals surface area contributed by atoms with Crippen LogP contribution >= 0.6 is 0 Å². The summed E-state index contributed by atoms with van der Waals surface area (Å²) < 4.78 is 15.8. The SMILES string of the molecule is CN=C(NCc1ccc(C#N)cc1F)N(C)Cc1cn(C)nc1C(C)C. The van der Waals surface area contributed by atoms with Crippen LogP contribution in [-0.2, 0) is 20.1 Å². The lowest BCUT2D eigenvalue weighted by molar-refractivity contribution is 0.472. The third kappa shape index (κ3) is 4.60. The second kappa shape index (κ2) is 8.48. The third-order valence-electron chi connectivity index (χ3n) is 4.08. The van der Waals surface area contributed by atoms with E-state index in [1.165, 1.54) is 6.07 Å². The predicted octanol–water partition coefficient (Wildman–Crippen LogP) is 2.76. The van der Waals surface area contributed by atoms with E-state index in [0.717, 1.165) is 11.3 Å². The minimum Gasteiger partial charge on any atom is -0.352 e. The lowest BCUT2D eigenvalue weighted by atomic mass is 10.1. The number of rotatable bonds is 5. The van der Waals surface area contributed by atoms with Crippen molar-refractivity contribution in [3.05, 3.63) is 52.6 Å². The van der Waals surface area contributed by atoms with E-state index in [2.05, 4.69) is 29.3 Å². The molecule has 0 amide bonds. The minimum absolute atomic E-state index is 0.290. The molecule has 0 spiro atoms. The van der Waals surface area contributed by atoms with Crippen molar-refractivity contribution < 1.29 is 4.39 Å². The normalized spacial score (nSPS) is 11.5. The van der Waals surface area contributed by atoms with Crippen molar-refractivity contribution in [3.63, 3.8) is 0 Å². The largest absolute Gasteiger partial charge is 0.352 e. The van der Waals surface area contributed by atoms with Gasteiger partial charge in [0.1, 0.15) is 5.82 Å². The number of aliphatic imine (C=N–C) groups is 1. The van der Waals surface area contributed by atoms with E-state index in [9.17, 15) is 4.39 Å². The highest BCUT2D eigenvalue weighted by Crippen LogP contribution is 2.18. The standard InChI is InChI=1S/C19H25FN6/c1-13(2)18-16(12-26(5)24-18)11-25(4)19(22-3)23-10-15-7-6-14(9-21)8-17(15)20/h6-8,12-13H,10-11H2,1-5H3,(H,22,23). The highest BCUT2D eigenvalue weighted by molar-refractivity contribution is 5.79. The van der Waals surface area contributed by atoms with Crippen LogP contribution in [0.4, 0.5) is 4.39 Å². The number of guanidine groups is 1. The molecular weight excluding hydrogens is 331 g/mol. The topological polar surface area (TPSA) is 69.2 Å². The summed E-state index contributed by atoms with van der Waals surface area (Å²) in [6.07, 6.45) is 2.01. The van der Waals surface area contributed by atoms with Gasteiger partial charge in [-0.15, -0.1) is 0 Å². The highest BCUT2D eigenvalue weighted by atomic mass is 19.1. The molecule has 7 heteroatoms. The van der Waals surface area contributed by atoms with Gasteiger partial charge >= 0.3 is 0 Å². The van der Waals surface area contributed by atoms with Gasteiger partial charge in [-0.3, -0.25) is 9.67 Å². The molecule has 0 atom stereocenters. The molecule has 0 fully saturated rings. The molecule has 1 heterocycles. The second-order valence-corrected chi connectivity index (χ2v) is 6.54. The van der Waals surface area contributed by atoms with Crippen LogP contribution in [0.2, 0.25) is 0 Å². The van der Waals surface area contributed by atoms with Gasteiger partial charge in [0.15, 0.2) is 5.96 Å². The fraction of sp³-hybridized carbons (Fsp3) is 0.421. The number of aromatic nitrogens is 2. The Hall–Kier alpha value is -2.88. The van der Waals surface area contributed by atoms with Gasteiger partial charge in [-0.05, 0) is 18.1 Å². The summed E-state index contributed by atoms with van der Waals surface area (Å²) in [5.41, 5.74) is 3.00. The summed E-state index contributed by atoms with van der Waals surface area (Å²) in [5.74, 6) is 0.596. The Balaban J connectivity index is 2.06. The summed E-state index contributed by atoms with van der Waals surface area (Å²) in [6.45, 7) is 5.18. The van der Waals surface area contributed by atoms with Crippen molar-refractivity contribution in [2.45, 2.75) is 32.9 Å². The van der Waals surface area contributed by atoms with Crippen LogP contribution in [0.15, 0.2) is 29.4 Å². The predicted molar refractivity (Wildman–Crippen MR) is 100 cm³/mol. The van der Waals surface area contributed by atoms with E-state index in [1.54, 1.807) is 19.2 Å². The second-order valence-electron chi connectivity index (χ2n) is 6.54. The molecule has 0 unspecified atom stereocenters. The molecule has 6 nitrogen and oxygen atoms in total. The van der Waals surface area contributed by atoms with Gasteiger partial charge in [-0.2, -0.15) is 10.4 Å². The number of hydrogen-bond acceptors (Lipinski definition) is 3. The van der Waals surface area contributed by atoms with Gasteiger partial charge in [-0.1, -0.05) is 19.9 Å². The molecule has 138 valence electrons. The molecule has 0 aliphatic carbocycles. The fourth-order valence-corrected chi connectivity index (χ4v) is 2.81. The summed E-state index contributed by atoms with van der Waals surface area (Å²) in [4.78, 5) is 6.25. The Morgan fingerprint density at radius 3 is 2.73 bits per heavy atom. The molecule has 0 aliphatic rings. The number of nitrogens with zero attached hydrogens (tertiary/aromatic N) is 5. The van der Waals surface area contributed by atoms with Gasteiger partial charge < -0.3 is 10.2 Å². The number of nitrogens with one attached hydrogen (secondary N) is 1. The monoisotopic (exact) mass is 356 g/mol. The Labute approximate surface area is 154 Å². The first-order chi connectivity index (χ1) is 12.3. The molecule has 0 aliphatic heterocycles. The summed E-state index contributed by atoms with van der Waals surface area (Å²) in [5, 5.41) is 16.5. The average molecular weight is 356 g/mol. The smallest absolute Gasteiger partial charge is 0.193 e. The zero-order chi connectivity index (χ0) is 19.3. The van der Waals surface area contributed by atoms with Crippen LogP contribution in [0.3, 0.4) is 0 Å². The molecule has 1 aromatic heterocycles. The van der Waals surface area contributed by atoms with Crippen LogP contribution in [0.25, 0.3) is 0 Å². The highest BCUT2D eigenvalue weighted by Gasteiger charge is 2.15. The third-order valence-corrected chi connectivity index (χ3v) is 4.08. The van der Waals surface area contributed by atoms with Gasteiger partial charge in [0, 0.05) is 51.6 Å². The lowest BCUT2D eigenvalue weighted by Gasteiger charge is -2.22. The van der Waals surface area contributed by atoms with Crippen LogP contribution < -0.4 is 5.32 Å². The lowest BCUT2D eigenvalue weighted by Crippen LogP contribution is -2.38. The van der Waals surface area contributed by atoms with Crippen molar-refractivity contribution in [1.82, 2.24) is 20.0 Å². The molecule has 0 saturated heterocycles. The van der Waals surface area contributed by atoms with E-state index in [-0.39, 0.29) is 0 Å². The van der Waals surface area contributed by atoms with Crippen LogP contribution in [0, 0.1) is 17.1 Å². The number of hydrogen-bond donors (Lipinski definition) is 1. The number of aryl methyl sites for hydroxylation is 1. The van der Waals surface area contributed by atoms with Gasteiger partial charge in [0.25, 0.3) is 0 Å². The van der Waals surface area contributed by atoms with E-state index in [0.29, 0.717) is 36.1 Å². The number of benzene rings is 1. The van der Waals surface area contributed by atoms with Crippen molar-refractivity contribution in [1.29, 1.82) is 5.26 Å². The Morgan fingerprint density at radius 2 is 2.15 bits per heavy atom. The van der Waals surface area contributed by atoms with Crippen molar-refractivity contribution in [2.75, 3.05) is 14.1 Å². The van der Waals surface area contributed by atoms with E-state index in [4.69, 9.17) is 5.26 Å². The maximum Gasteiger partial charge on any atom is 0.193 e. The summed E-state index contributed by atoms with van der Waals surface area (Å²) in [7, 11) is 5.54. The Morgan fingerprint density at radius 1 is 1.42 bits per heavy atom. The zero-order valence-electron chi connectivity index (χ0n) is 15.9. The maximum absolute atomic E-state index is 14.0. The first kappa shape index (κ1) is 19.4. The molecule has 0 bridgehead atoms. The van der Waals surface area contributed by atoms with Crippen LogP contribution in [-0.4, -0.2) is 34.7 Å². The molecule has 0 saturated carbocycles. The van der Waals surface area contributed by atoms with Gasteiger partial charge in [0.05, 0.1) is 17.3 Å². The quantitative estimate of drug-likeness (QED) is 0.661. The zero-order valence-corrected chi connectivity index (χ0v) is 15.9. The van der Waals surface area contributed by atoms with Crippen molar-refractivity contribution >= 4 is 5.96 Å². The van der Waals surface area contributed by atoms with Crippen LogP contribution in [0.5, 0.6) is 0 Å². The van der Waals surface area contributed by atoms with Crippen molar-refractivity contribution in [2.24, 2.45) is 12.0 Å². The van der Waals surface area contributed by atoms with Crippen LogP contribution in [0.1, 0.15) is 42.1 Å². The Kier molecular flexibility index (Phi) is 6.34. The Bertz CT molecular complexity index is 831. The summed E-state index contributed by atoms with van der Waals surface area (Å²) in [6, 6.07) is 6.40. The summed E-state index contributed by atoms with van der Waals surface area (Å²) >= 11 is 0. The molecule has 2 aromatic rings. The average Bonchev–Trinajstić information content (AvgIpc) is 2.97. The molecule has 0 radical (unpaired) electrons. The van der Waals surface area contributed by atoms with Gasteiger partial charge in [0.2, 0.25) is 0 Å². The first-order valence-corrected chi connectivity index (χ1v) is 8.48. The van der Waals surface area contributed by atoms with E-state index in [1.807, 2.05) is 35.9 Å². The first-order valence-electron chi connectivity index (χ1n) is 8.48. The maximum atomic E-state index is 14.0. The molecule has 26 heavy (non-hydrogen) atoms. The van der Waals surface area contributed by atoms with Crippen molar-refractivity contribution in [3.8, 4) is 6.07 Å². The molecule has 1 N–H and O–H groups in total. The number of nitriles is 1. The van der Waals surface area contributed by atoms with Gasteiger partial charge in [-0.25, -0.2) is 4.39 Å². The fourth-order valence-electron chi connectivity index (χ4n) is 2.81. The molecule has 2 rings (SSSR count). The number of halogens is 1. The molecular formula is C19H25FN6.